The molecule has 1 aromatic rings. The molecule has 0 spiro atoms. The molecule has 1 aromatic heterocycles. The minimum absolute atomic E-state index is 0.0761. The number of nitrogen functional groups attached to an aromatic ring is 1. The van der Waals surface area contributed by atoms with Crippen molar-refractivity contribution >= 4 is 23.5 Å². The number of carbonyl (C=O) groups excluding carboxylic acids is 1. The molecule has 1 heterocycles. The molecule has 0 radical (unpaired) electrons. The average Bonchev–Trinajstić information content (AvgIpc) is 3.08. The number of aromatic nitrogens is 1. The van der Waals surface area contributed by atoms with Crippen molar-refractivity contribution < 1.29 is 4.79 Å². The fraction of sp³-hybridized carbons (Fsp3) is 0.455. The van der Waals surface area contributed by atoms with Crippen LogP contribution in [0.15, 0.2) is 18.3 Å². The Labute approximate surface area is 99.0 Å². The zero-order chi connectivity index (χ0) is 11.6. The summed E-state index contributed by atoms with van der Waals surface area (Å²) in [5.41, 5.74) is 6.02. The van der Waals surface area contributed by atoms with E-state index in [0.717, 1.165) is 6.54 Å². The Morgan fingerprint density at radius 3 is 2.88 bits per heavy atom. The van der Waals surface area contributed by atoms with E-state index in [-0.39, 0.29) is 10.7 Å². The molecule has 16 heavy (non-hydrogen) atoms. The summed E-state index contributed by atoms with van der Waals surface area (Å²) in [5.74, 6) is 0.354. The second-order valence-electron chi connectivity index (χ2n) is 4.04. The van der Waals surface area contributed by atoms with E-state index in [1.165, 1.54) is 19.0 Å². The number of anilines is 1. The van der Waals surface area contributed by atoms with Gasteiger partial charge in [-0.2, -0.15) is 11.8 Å². The zero-order valence-electron chi connectivity index (χ0n) is 9.19. The lowest BCUT2D eigenvalue weighted by Gasteiger charge is -2.12. The third kappa shape index (κ3) is 2.47. The third-order valence-corrected chi connectivity index (χ3v) is 4.28. The molecule has 86 valence electrons. The van der Waals surface area contributed by atoms with Gasteiger partial charge in [0.2, 0.25) is 0 Å². The van der Waals surface area contributed by atoms with Crippen molar-refractivity contribution in [1.29, 1.82) is 0 Å². The monoisotopic (exact) mass is 237 g/mol. The summed E-state index contributed by atoms with van der Waals surface area (Å²) in [6, 6.07) is 3.33. The number of nitrogens with two attached hydrogens (primary N) is 1. The number of carbonyl (C=O) groups is 1. The number of hydrogen-bond donors (Lipinski definition) is 2. The summed E-state index contributed by atoms with van der Waals surface area (Å²) in [7, 11) is 0. The highest BCUT2D eigenvalue weighted by Crippen LogP contribution is 2.46. The summed E-state index contributed by atoms with van der Waals surface area (Å²) in [6.45, 7) is 0.734. The average molecular weight is 237 g/mol. The maximum atomic E-state index is 11.7. The molecular weight excluding hydrogens is 222 g/mol. The fourth-order valence-electron chi connectivity index (χ4n) is 1.48. The van der Waals surface area contributed by atoms with Crippen LogP contribution in [0, 0.1) is 0 Å². The summed E-state index contributed by atoms with van der Waals surface area (Å²) >= 11 is 1.83. The van der Waals surface area contributed by atoms with Crippen LogP contribution >= 0.6 is 11.8 Å². The van der Waals surface area contributed by atoms with Gasteiger partial charge in [-0.3, -0.25) is 4.79 Å². The number of nitrogens with zero attached hydrogens (tertiary/aromatic N) is 1. The number of hydrogen-bond acceptors (Lipinski definition) is 4. The van der Waals surface area contributed by atoms with Crippen LogP contribution in [0.25, 0.3) is 0 Å². The minimum Gasteiger partial charge on any atom is -0.384 e. The van der Waals surface area contributed by atoms with Gasteiger partial charge < -0.3 is 11.1 Å². The van der Waals surface area contributed by atoms with Crippen LogP contribution in [0.1, 0.15) is 23.2 Å². The smallest absolute Gasteiger partial charge is 0.252 e. The lowest BCUT2D eigenvalue weighted by molar-refractivity contribution is 0.0952. The van der Waals surface area contributed by atoms with Gasteiger partial charge in [0.05, 0.1) is 5.56 Å². The molecule has 1 amide bonds. The summed E-state index contributed by atoms with van der Waals surface area (Å²) in [6.07, 6.45) is 5.97. The number of rotatable bonds is 4. The zero-order valence-corrected chi connectivity index (χ0v) is 10.0. The third-order valence-electron chi connectivity index (χ3n) is 2.86. The molecule has 2 rings (SSSR count). The lowest BCUT2D eigenvalue weighted by Crippen LogP contribution is -2.31. The molecule has 1 aliphatic carbocycles. The van der Waals surface area contributed by atoms with Gasteiger partial charge >= 0.3 is 0 Å². The SMILES string of the molecule is CSC1(CNC(=O)c2ccc(N)nc2)CC1. The highest BCUT2D eigenvalue weighted by atomic mass is 32.2. The molecule has 0 unspecified atom stereocenters. The number of pyridine rings is 1. The normalized spacial score (nSPS) is 16.8. The number of thioether (sulfide) groups is 1. The highest BCUT2D eigenvalue weighted by molar-refractivity contribution is 8.00. The maximum absolute atomic E-state index is 11.7. The molecule has 0 aliphatic heterocycles. The molecule has 4 nitrogen and oxygen atoms in total. The Bertz CT molecular complexity index is 387. The predicted molar refractivity (Wildman–Crippen MR) is 66.5 cm³/mol. The molecule has 1 saturated carbocycles. The summed E-state index contributed by atoms with van der Waals surface area (Å²) < 4.78 is 0.289. The van der Waals surface area contributed by atoms with E-state index in [1.54, 1.807) is 12.1 Å². The van der Waals surface area contributed by atoms with Crippen LogP contribution in [0.3, 0.4) is 0 Å². The first kappa shape index (κ1) is 11.3. The Hall–Kier alpha value is -1.23. The quantitative estimate of drug-likeness (QED) is 0.828. The van der Waals surface area contributed by atoms with Crippen molar-refractivity contribution in [3.05, 3.63) is 23.9 Å². The van der Waals surface area contributed by atoms with Crippen LogP contribution in [0.5, 0.6) is 0 Å². The van der Waals surface area contributed by atoms with Crippen molar-refractivity contribution in [2.75, 3.05) is 18.5 Å². The molecular formula is C11H15N3OS. The van der Waals surface area contributed by atoms with Gasteiger partial charge in [-0.15, -0.1) is 0 Å². The number of nitrogens with one attached hydrogen (secondary N) is 1. The van der Waals surface area contributed by atoms with Crippen LogP contribution in [0.2, 0.25) is 0 Å². The van der Waals surface area contributed by atoms with Gasteiger partial charge in [0.25, 0.3) is 5.91 Å². The van der Waals surface area contributed by atoms with Gasteiger partial charge in [0.15, 0.2) is 0 Å². The van der Waals surface area contributed by atoms with E-state index in [4.69, 9.17) is 5.73 Å². The predicted octanol–water partition coefficient (Wildman–Crippen LogP) is 1.29. The second-order valence-corrected chi connectivity index (χ2v) is 5.32. The van der Waals surface area contributed by atoms with E-state index in [2.05, 4.69) is 16.6 Å². The largest absolute Gasteiger partial charge is 0.384 e. The molecule has 0 atom stereocenters. The first-order chi connectivity index (χ1) is 7.65. The first-order valence-electron chi connectivity index (χ1n) is 5.20. The Balaban J connectivity index is 1.91. The Kier molecular flexibility index (Phi) is 3.05. The van der Waals surface area contributed by atoms with E-state index in [0.29, 0.717) is 11.4 Å². The number of amides is 1. The van der Waals surface area contributed by atoms with Gasteiger partial charge in [0, 0.05) is 17.5 Å². The Morgan fingerprint density at radius 1 is 1.62 bits per heavy atom. The van der Waals surface area contributed by atoms with Crippen molar-refractivity contribution in [3.8, 4) is 0 Å². The lowest BCUT2D eigenvalue weighted by atomic mass is 10.2. The topological polar surface area (TPSA) is 68.0 Å². The molecule has 3 N–H and O–H groups in total. The van der Waals surface area contributed by atoms with E-state index in [9.17, 15) is 4.79 Å². The summed E-state index contributed by atoms with van der Waals surface area (Å²) in [5, 5.41) is 2.93. The van der Waals surface area contributed by atoms with Crippen molar-refractivity contribution in [1.82, 2.24) is 10.3 Å². The summed E-state index contributed by atoms with van der Waals surface area (Å²) in [4.78, 5) is 15.6. The van der Waals surface area contributed by atoms with Gasteiger partial charge in [0.1, 0.15) is 5.82 Å². The molecule has 5 heteroatoms. The molecule has 0 saturated heterocycles. The van der Waals surface area contributed by atoms with Crippen LogP contribution in [0.4, 0.5) is 5.82 Å². The molecule has 0 bridgehead atoms. The van der Waals surface area contributed by atoms with Gasteiger partial charge in [-0.05, 0) is 31.2 Å². The standard InChI is InChI=1S/C11H15N3OS/c1-16-11(4-5-11)7-14-10(15)8-2-3-9(12)13-6-8/h2-3,6H,4-5,7H2,1H3,(H2,12,13)(H,14,15). The van der Waals surface area contributed by atoms with Crippen molar-refractivity contribution in [2.24, 2.45) is 0 Å². The van der Waals surface area contributed by atoms with Crippen molar-refractivity contribution in [3.63, 3.8) is 0 Å². The van der Waals surface area contributed by atoms with Crippen LogP contribution in [-0.4, -0.2) is 28.4 Å². The van der Waals surface area contributed by atoms with Crippen LogP contribution < -0.4 is 11.1 Å². The van der Waals surface area contributed by atoms with Gasteiger partial charge in [-0.25, -0.2) is 4.98 Å². The minimum atomic E-state index is -0.0761. The first-order valence-corrected chi connectivity index (χ1v) is 6.43. The van der Waals surface area contributed by atoms with E-state index >= 15 is 0 Å². The Morgan fingerprint density at radius 2 is 2.38 bits per heavy atom. The van der Waals surface area contributed by atoms with Crippen LogP contribution in [-0.2, 0) is 0 Å². The fourth-order valence-corrected chi connectivity index (χ4v) is 2.20. The second kappa shape index (κ2) is 4.33. The van der Waals surface area contributed by atoms with Gasteiger partial charge in [-0.1, -0.05) is 0 Å². The molecule has 1 fully saturated rings. The maximum Gasteiger partial charge on any atom is 0.252 e. The molecule has 1 aliphatic rings. The van der Waals surface area contributed by atoms with Crippen molar-refractivity contribution in [2.45, 2.75) is 17.6 Å². The highest BCUT2D eigenvalue weighted by Gasteiger charge is 2.41. The molecule has 0 aromatic carbocycles. The van der Waals surface area contributed by atoms with E-state index in [1.807, 2.05) is 11.8 Å². The van der Waals surface area contributed by atoms with E-state index < -0.39 is 0 Å².